The lowest BCUT2D eigenvalue weighted by Gasteiger charge is -2.18. The first-order valence-electron chi connectivity index (χ1n) is 7.27. The summed E-state index contributed by atoms with van der Waals surface area (Å²) in [5.41, 5.74) is 1.22. The van der Waals surface area contributed by atoms with Gasteiger partial charge >= 0.3 is 0 Å². The van der Waals surface area contributed by atoms with Crippen molar-refractivity contribution < 1.29 is 4.74 Å². The summed E-state index contributed by atoms with van der Waals surface area (Å²) >= 11 is 0. The van der Waals surface area contributed by atoms with E-state index in [1.54, 1.807) is 0 Å². The van der Waals surface area contributed by atoms with Gasteiger partial charge in [-0.1, -0.05) is 19.8 Å². The molecule has 0 heterocycles. The SMILES string of the molecule is CCOc1ccc(NC2CCCC(C)CC2)cc1. The molecular weight excluding hydrogens is 222 g/mol. The number of rotatable bonds is 4. The van der Waals surface area contributed by atoms with Crippen molar-refractivity contribution in [1.82, 2.24) is 0 Å². The predicted molar refractivity (Wildman–Crippen MR) is 77.3 cm³/mol. The van der Waals surface area contributed by atoms with Gasteiger partial charge in [-0.3, -0.25) is 0 Å². The van der Waals surface area contributed by atoms with Crippen LogP contribution in [-0.4, -0.2) is 12.6 Å². The minimum Gasteiger partial charge on any atom is -0.494 e. The van der Waals surface area contributed by atoms with E-state index in [4.69, 9.17) is 4.74 Å². The van der Waals surface area contributed by atoms with Gasteiger partial charge in [0.05, 0.1) is 6.61 Å². The Kier molecular flexibility index (Phi) is 4.91. The highest BCUT2D eigenvalue weighted by molar-refractivity contribution is 5.47. The summed E-state index contributed by atoms with van der Waals surface area (Å²) in [6.07, 6.45) is 6.71. The van der Waals surface area contributed by atoms with Crippen LogP contribution in [0.2, 0.25) is 0 Å². The number of anilines is 1. The molecule has 0 spiro atoms. The van der Waals surface area contributed by atoms with Crippen LogP contribution in [0.4, 0.5) is 5.69 Å². The molecule has 0 bridgehead atoms. The molecule has 1 aliphatic rings. The Morgan fingerprint density at radius 2 is 1.89 bits per heavy atom. The topological polar surface area (TPSA) is 21.3 Å². The number of hydrogen-bond acceptors (Lipinski definition) is 2. The maximum absolute atomic E-state index is 5.46. The minimum atomic E-state index is 0.646. The van der Waals surface area contributed by atoms with Crippen molar-refractivity contribution >= 4 is 5.69 Å². The zero-order chi connectivity index (χ0) is 12.8. The lowest BCUT2D eigenvalue weighted by atomic mass is 10.0. The van der Waals surface area contributed by atoms with Crippen LogP contribution < -0.4 is 10.1 Å². The summed E-state index contributed by atoms with van der Waals surface area (Å²) in [5, 5.41) is 3.66. The van der Waals surface area contributed by atoms with Crippen molar-refractivity contribution in [3.8, 4) is 5.75 Å². The second kappa shape index (κ2) is 6.67. The van der Waals surface area contributed by atoms with Gasteiger partial charge in [0.1, 0.15) is 5.75 Å². The molecule has 1 saturated carbocycles. The van der Waals surface area contributed by atoms with Gasteiger partial charge in [0.25, 0.3) is 0 Å². The largest absolute Gasteiger partial charge is 0.494 e. The van der Waals surface area contributed by atoms with Crippen LogP contribution in [-0.2, 0) is 0 Å². The van der Waals surface area contributed by atoms with E-state index in [9.17, 15) is 0 Å². The monoisotopic (exact) mass is 247 g/mol. The molecule has 0 radical (unpaired) electrons. The lowest BCUT2D eigenvalue weighted by Crippen LogP contribution is -2.18. The second-order valence-corrected chi connectivity index (χ2v) is 5.41. The van der Waals surface area contributed by atoms with Crippen molar-refractivity contribution in [2.24, 2.45) is 5.92 Å². The second-order valence-electron chi connectivity index (χ2n) is 5.41. The van der Waals surface area contributed by atoms with E-state index >= 15 is 0 Å². The average molecular weight is 247 g/mol. The molecule has 2 unspecified atom stereocenters. The lowest BCUT2D eigenvalue weighted by molar-refractivity contribution is 0.340. The van der Waals surface area contributed by atoms with Crippen molar-refractivity contribution in [3.05, 3.63) is 24.3 Å². The Hall–Kier alpha value is -1.18. The third-order valence-electron chi connectivity index (χ3n) is 3.79. The van der Waals surface area contributed by atoms with E-state index in [0.717, 1.165) is 18.3 Å². The molecule has 2 heteroatoms. The Bertz CT molecular complexity index is 347. The summed E-state index contributed by atoms with van der Waals surface area (Å²) in [4.78, 5) is 0. The van der Waals surface area contributed by atoms with Gasteiger partial charge in [-0.25, -0.2) is 0 Å². The van der Waals surface area contributed by atoms with Gasteiger partial charge in [0.2, 0.25) is 0 Å². The van der Waals surface area contributed by atoms with Gasteiger partial charge in [-0.15, -0.1) is 0 Å². The van der Waals surface area contributed by atoms with Crippen LogP contribution in [0.25, 0.3) is 0 Å². The smallest absolute Gasteiger partial charge is 0.119 e. The molecular formula is C16H25NO. The van der Waals surface area contributed by atoms with Gasteiger partial charge in [-0.2, -0.15) is 0 Å². The molecule has 1 aromatic carbocycles. The molecule has 2 rings (SSSR count). The zero-order valence-corrected chi connectivity index (χ0v) is 11.6. The Labute approximate surface area is 111 Å². The van der Waals surface area contributed by atoms with Crippen molar-refractivity contribution in [2.45, 2.75) is 52.0 Å². The fourth-order valence-corrected chi connectivity index (χ4v) is 2.68. The van der Waals surface area contributed by atoms with Gasteiger partial charge in [0.15, 0.2) is 0 Å². The van der Waals surface area contributed by atoms with Crippen LogP contribution in [0, 0.1) is 5.92 Å². The first-order chi connectivity index (χ1) is 8.78. The Morgan fingerprint density at radius 1 is 1.11 bits per heavy atom. The summed E-state index contributed by atoms with van der Waals surface area (Å²) in [6.45, 7) is 5.12. The molecule has 0 saturated heterocycles. The van der Waals surface area contributed by atoms with Gasteiger partial charge in [0, 0.05) is 11.7 Å². The minimum absolute atomic E-state index is 0.646. The summed E-state index contributed by atoms with van der Waals surface area (Å²) < 4.78 is 5.46. The normalized spacial score (nSPS) is 24.3. The van der Waals surface area contributed by atoms with Crippen LogP contribution in [0.1, 0.15) is 46.0 Å². The molecule has 100 valence electrons. The fourth-order valence-electron chi connectivity index (χ4n) is 2.68. The highest BCUT2D eigenvalue weighted by atomic mass is 16.5. The Balaban J connectivity index is 1.88. The maximum Gasteiger partial charge on any atom is 0.119 e. The third-order valence-corrected chi connectivity index (χ3v) is 3.79. The highest BCUT2D eigenvalue weighted by Gasteiger charge is 2.15. The fraction of sp³-hybridized carbons (Fsp3) is 0.625. The molecule has 18 heavy (non-hydrogen) atoms. The van der Waals surface area contributed by atoms with E-state index in [1.807, 2.05) is 19.1 Å². The number of hydrogen-bond donors (Lipinski definition) is 1. The molecule has 1 aliphatic carbocycles. The predicted octanol–water partition coefficient (Wildman–Crippen LogP) is 4.47. The van der Waals surface area contributed by atoms with E-state index in [1.165, 1.54) is 37.8 Å². The van der Waals surface area contributed by atoms with E-state index in [-0.39, 0.29) is 0 Å². The average Bonchev–Trinajstić information content (AvgIpc) is 2.57. The summed E-state index contributed by atoms with van der Waals surface area (Å²) in [5.74, 6) is 1.86. The molecule has 1 aromatic rings. The molecule has 0 aromatic heterocycles. The van der Waals surface area contributed by atoms with Crippen LogP contribution in [0.5, 0.6) is 5.75 Å². The van der Waals surface area contributed by atoms with E-state index in [2.05, 4.69) is 24.4 Å². The standard InChI is InChI=1S/C16H25NO/c1-3-18-16-11-9-15(10-12-16)17-14-6-4-5-13(2)7-8-14/h9-14,17H,3-8H2,1-2H3. The zero-order valence-electron chi connectivity index (χ0n) is 11.6. The van der Waals surface area contributed by atoms with E-state index in [0.29, 0.717) is 6.04 Å². The number of nitrogens with one attached hydrogen (secondary N) is 1. The quantitative estimate of drug-likeness (QED) is 0.793. The number of benzene rings is 1. The van der Waals surface area contributed by atoms with Crippen LogP contribution in [0.15, 0.2) is 24.3 Å². The Morgan fingerprint density at radius 3 is 2.61 bits per heavy atom. The summed E-state index contributed by atoms with van der Waals surface area (Å²) in [7, 11) is 0. The summed E-state index contributed by atoms with van der Waals surface area (Å²) in [6, 6.07) is 8.99. The molecule has 0 amide bonds. The van der Waals surface area contributed by atoms with Crippen molar-refractivity contribution in [1.29, 1.82) is 0 Å². The third kappa shape index (κ3) is 3.94. The van der Waals surface area contributed by atoms with Gasteiger partial charge in [-0.05, 0) is 56.4 Å². The maximum atomic E-state index is 5.46. The molecule has 1 fully saturated rings. The highest BCUT2D eigenvalue weighted by Crippen LogP contribution is 2.25. The molecule has 2 nitrogen and oxygen atoms in total. The molecule has 1 N–H and O–H groups in total. The van der Waals surface area contributed by atoms with Crippen molar-refractivity contribution in [3.63, 3.8) is 0 Å². The molecule has 2 atom stereocenters. The van der Waals surface area contributed by atoms with Crippen LogP contribution >= 0.6 is 0 Å². The van der Waals surface area contributed by atoms with E-state index < -0.39 is 0 Å². The van der Waals surface area contributed by atoms with Gasteiger partial charge < -0.3 is 10.1 Å². The first kappa shape index (κ1) is 13.3. The van der Waals surface area contributed by atoms with Crippen molar-refractivity contribution in [2.75, 3.05) is 11.9 Å². The number of ether oxygens (including phenoxy) is 1. The van der Waals surface area contributed by atoms with Crippen LogP contribution in [0.3, 0.4) is 0 Å². The molecule has 0 aliphatic heterocycles. The first-order valence-corrected chi connectivity index (χ1v) is 7.27.